The van der Waals surface area contributed by atoms with E-state index in [0.29, 0.717) is 0 Å². The first-order valence-corrected chi connectivity index (χ1v) is 6.76. The molecule has 1 nitrogen and oxygen atoms in total. The Kier molecular flexibility index (Phi) is 5.48. The minimum atomic E-state index is 0.224. The summed E-state index contributed by atoms with van der Waals surface area (Å²) in [6.45, 7) is 9.74. The van der Waals surface area contributed by atoms with Crippen molar-refractivity contribution in [2.75, 3.05) is 6.54 Å². The van der Waals surface area contributed by atoms with E-state index in [-0.39, 0.29) is 5.54 Å². The van der Waals surface area contributed by atoms with Gasteiger partial charge in [0.2, 0.25) is 0 Å². The van der Waals surface area contributed by atoms with Crippen molar-refractivity contribution in [2.45, 2.75) is 52.5 Å². The molecule has 0 aromatic heterocycles. The minimum absolute atomic E-state index is 0.224. The summed E-state index contributed by atoms with van der Waals surface area (Å²) in [5.41, 5.74) is 2.72. The number of unbranched alkanes of at least 4 members (excludes halogenated alkanes) is 1. The molecule has 1 N–H and O–H groups in total. The van der Waals surface area contributed by atoms with E-state index in [4.69, 9.17) is 11.6 Å². The maximum atomic E-state index is 6.20. The molecule has 0 spiro atoms. The van der Waals surface area contributed by atoms with Crippen LogP contribution in [0.2, 0.25) is 5.02 Å². The van der Waals surface area contributed by atoms with Crippen LogP contribution in [0.15, 0.2) is 18.2 Å². The fraction of sp³-hybridized carbons (Fsp3) is 0.600. The van der Waals surface area contributed by atoms with Crippen LogP contribution in [-0.2, 0) is 6.42 Å². The van der Waals surface area contributed by atoms with Gasteiger partial charge in [0, 0.05) is 10.6 Å². The summed E-state index contributed by atoms with van der Waals surface area (Å²) in [6.07, 6.45) is 3.46. The highest BCUT2D eigenvalue weighted by Gasteiger charge is 2.07. The number of rotatable bonds is 5. The lowest BCUT2D eigenvalue weighted by atomic mass is 10.1. The van der Waals surface area contributed by atoms with Gasteiger partial charge >= 0.3 is 0 Å². The molecular formula is C15H24ClN. The van der Waals surface area contributed by atoms with Crippen LogP contribution >= 0.6 is 11.6 Å². The highest BCUT2D eigenvalue weighted by molar-refractivity contribution is 6.31. The number of nitrogens with one attached hydrogen (secondary N) is 1. The maximum absolute atomic E-state index is 6.20. The van der Waals surface area contributed by atoms with Gasteiger partial charge in [0.25, 0.3) is 0 Å². The van der Waals surface area contributed by atoms with Crippen molar-refractivity contribution in [1.29, 1.82) is 0 Å². The first-order chi connectivity index (χ1) is 7.88. The molecule has 1 aromatic rings. The van der Waals surface area contributed by atoms with Crippen molar-refractivity contribution < 1.29 is 0 Å². The van der Waals surface area contributed by atoms with E-state index in [1.54, 1.807) is 0 Å². The summed E-state index contributed by atoms with van der Waals surface area (Å²) in [5.74, 6) is 0. The van der Waals surface area contributed by atoms with Crippen LogP contribution in [-0.4, -0.2) is 12.1 Å². The average molecular weight is 254 g/mol. The molecule has 0 aliphatic rings. The second-order valence-electron chi connectivity index (χ2n) is 5.73. The summed E-state index contributed by atoms with van der Waals surface area (Å²) >= 11 is 6.20. The van der Waals surface area contributed by atoms with Crippen LogP contribution in [0.1, 0.15) is 44.7 Å². The van der Waals surface area contributed by atoms with Crippen molar-refractivity contribution in [3.05, 3.63) is 34.3 Å². The zero-order chi connectivity index (χ0) is 12.9. The Morgan fingerprint density at radius 2 is 1.88 bits per heavy atom. The van der Waals surface area contributed by atoms with Gasteiger partial charge in [-0.2, -0.15) is 0 Å². The molecule has 0 heterocycles. The van der Waals surface area contributed by atoms with Crippen LogP contribution in [0.25, 0.3) is 0 Å². The van der Waals surface area contributed by atoms with Gasteiger partial charge in [-0.05, 0) is 70.7 Å². The molecule has 0 atom stereocenters. The number of halogens is 1. The molecule has 2 heteroatoms. The molecule has 0 amide bonds. The smallest absolute Gasteiger partial charge is 0.0440 e. The van der Waals surface area contributed by atoms with Gasteiger partial charge in [-0.25, -0.2) is 0 Å². The Balaban J connectivity index is 2.27. The number of benzene rings is 1. The Morgan fingerprint density at radius 3 is 2.47 bits per heavy atom. The van der Waals surface area contributed by atoms with E-state index in [2.05, 4.69) is 45.1 Å². The van der Waals surface area contributed by atoms with E-state index in [9.17, 15) is 0 Å². The van der Waals surface area contributed by atoms with Gasteiger partial charge in [-0.3, -0.25) is 0 Å². The second-order valence-corrected chi connectivity index (χ2v) is 6.14. The molecule has 17 heavy (non-hydrogen) atoms. The van der Waals surface area contributed by atoms with Gasteiger partial charge in [0.15, 0.2) is 0 Å². The highest BCUT2D eigenvalue weighted by atomic mass is 35.5. The van der Waals surface area contributed by atoms with Crippen molar-refractivity contribution >= 4 is 11.6 Å². The van der Waals surface area contributed by atoms with Crippen LogP contribution < -0.4 is 5.32 Å². The molecule has 0 aliphatic heterocycles. The standard InChI is InChI=1S/C15H24ClN/c1-12-8-9-13(14(16)11-12)7-5-6-10-17-15(2,3)4/h8-9,11,17H,5-7,10H2,1-4H3. The van der Waals surface area contributed by atoms with Crippen molar-refractivity contribution in [3.63, 3.8) is 0 Å². The van der Waals surface area contributed by atoms with Gasteiger partial charge in [0.1, 0.15) is 0 Å². The molecule has 0 fully saturated rings. The lowest BCUT2D eigenvalue weighted by Crippen LogP contribution is -2.36. The first kappa shape index (κ1) is 14.5. The van der Waals surface area contributed by atoms with Gasteiger partial charge in [-0.1, -0.05) is 23.7 Å². The van der Waals surface area contributed by atoms with E-state index >= 15 is 0 Å². The maximum Gasteiger partial charge on any atom is 0.0440 e. The van der Waals surface area contributed by atoms with E-state index in [1.165, 1.54) is 24.0 Å². The Bertz CT molecular complexity index is 352. The third-order valence-corrected chi connectivity index (χ3v) is 3.09. The lowest BCUT2D eigenvalue weighted by Gasteiger charge is -2.20. The summed E-state index contributed by atoms with van der Waals surface area (Å²) in [7, 11) is 0. The SMILES string of the molecule is Cc1ccc(CCCCNC(C)(C)C)c(Cl)c1. The van der Waals surface area contributed by atoms with E-state index < -0.39 is 0 Å². The molecule has 1 aromatic carbocycles. The van der Waals surface area contributed by atoms with E-state index in [0.717, 1.165) is 18.0 Å². The quantitative estimate of drug-likeness (QED) is 0.769. The summed E-state index contributed by atoms with van der Waals surface area (Å²) < 4.78 is 0. The fourth-order valence-corrected chi connectivity index (χ4v) is 2.09. The van der Waals surface area contributed by atoms with Crippen molar-refractivity contribution in [2.24, 2.45) is 0 Å². The number of aryl methyl sites for hydroxylation is 2. The Morgan fingerprint density at radius 1 is 1.18 bits per heavy atom. The first-order valence-electron chi connectivity index (χ1n) is 6.38. The molecule has 0 saturated carbocycles. The predicted octanol–water partition coefficient (Wildman–Crippen LogP) is 4.36. The van der Waals surface area contributed by atoms with Crippen LogP contribution in [0.5, 0.6) is 0 Å². The van der Waals surface area contributed by atoms with E-state index in [1.807, 2.05) is 6.07 Å². The summed E-state index contributed by atoms with van der Waals surface area (Å²) in [6, 6.07) is 6.33. The number of hydrogen-bond acceptors (Lipinski definition) is 1. The highest BCUT2D eigenvalue weighted by Crippen LogP contribution is 2.19. The fourth-order valence-electron chi connectivity index (χ4n) is 1.76. The third-order valence-electron chi connectivity index (χ3n) is 2.74. The van der Waals surface area contributed by atoms with Crippen LogP contribution in [0.4, 0.5) is 0 Å². The predicted molar refractivity (Wildman–Crippen MR) is 76.9 cm³/mol. The molecule has 0 bridgehead atoms. The summed E-state index contributed by atoms with van der Waals surface area (Å²) in [4.78, 5) is 0. The molecule has 0 unspecified atom stereocenters. The monoisotopic (exact) mass is 253 g/mol. The number of hydrogen-bond donors (Lipinski definition) is 1. The average Bonchev–Trinajstić information content (AvgIpc) is 2.18. The van der Waals surface area contributed by atoms with Gasteiger partial charge in [0.05, 0.1) is 0 Å². The molecule has 96 valence electrons. The third kappa shape index (κ3) is 6.09. The molecule has 1 rings (SSSR count). The zero-order valence-electron chi connectivity index (χ0n) is 11.4. The molecule has 0 radical (unpaired) electrons. The second kappa shape index (κ2) is 6.42. The Hall–Kier alpha value is -0.530. The zero-order valence-corrected chi connectivity index (χ0v) is 12.2. The van der Waals surface area contributed by atoms with Crippen LogP contribution in [0, 0.1) is 6.92 Å². The largest absolute Gasteiger partial charge is 0.312 e. The van der Waals surface area contributed by atoms with Gasteiger partial charge in [-0.15, -0.1) is 0 Å². The van der Waals surface area contributed by atoms with Crippen molar-refractivity contribution in [1.82, 2.24) is 5.32 Å². The van der Waals surface area contributed by atoms with Crippen LogP contribution in [0.3, 0.4) is 0 Å². The molecule has 0 aliphatic carbocycles. The summed E-state index contributed by atoms with van der Waals surface area (Å²) in [5, 5.41) is 4.41. The minimum Gasteiger partial charge on any atom is -0.312 e. The molecule has 0 saturated heterocycles. The van der Waals surface area contributed by atoms with Crippen molar-refractivity contribution in [3.8, 4) is 0 Å². The Labute approximate surface area is 111 Å². The molecular weight excluding hydrogens is 230 g/mol. The van der Waals surface area contributed by atoms with Gasteiger partial charge < -0.3 is 5.32 Å². The topological polar surface area (TPSA) is 12.0 Å². The normalized spacial score (nSPS) is 11.8. The lowest BCUT2D eigenvalue weighted by molar-refractivity contribution is 0.419.